The van der Waals surface area contributed by atoms with Crippen molar-refractivity contribution in [2.24, 2.45) is 0 Å². The van der Waals surface area contributed by atoms with E-state index in [4.69, 9.17) is 5.21 Å². The summed E-state index contributed by atoms with van der Waals surface area (Å²) in [4.78, 5) is 11.2. The summed E-state index contributed by atoms with van der Waals surface area (Å²) >= 11 is 0. The van der Waals surface area contributed by atoms with Crippen LogP contribution >= 0.6 is 0 Å². The third-order valence-corrected chi connectivity index (χ3v) is 2.84. The van der Waals surface area contributed by atoms with Gasteiger partial charge in [0.25, 0.3) is 0 Å². The van der Waals surface area contributed by atoms with E-state index in [1.807, 2.05) is 0 Å². The van der Waals surface area contributed by atoms with E-state index < -0.39 is 47.3 Å². The Bertz CT molecular complexity index is 574. The highest BCUT2D eigenvalue weighted by Gasteiger charge is 2.73. The van der Waals surface area contributed by atoms with Gasteiger partial charge in [-0.1, -0.05) is 0 Å². The molecule has 1 amide bonds. The Labute approximate surface area is 136 Å². The van der Waals surface area contributed by atoms with E-state index in [1.165, 1.54) is 6.92 Å². The van der Waals surface area contributed by atoms with Crippen molar-refractivity contribution in [3.63, 3.8) is 0 Å². The van der Waals surface area contributed by atoms with Crippen LogP contribution in [0.4, 0.5) is 42.5 Å². The van der Waals surface area contributed by atoms with Gasteiger partial charge in [0, 0.05) is 5.69 Å². The molecule has 25 heavy (non-hydrogen) atoms. The van der Waals surface area contributed by atoms with E-state index in [1.54, 1.807) is 0 Å². The van der Waals surface area contributed by atoms with Crippen LogP contribution in [0, 0.1) is 5.21 Å². The molecule has 1 aromatic rings. The molecule has 0 saturated heterocycles. The van der Waals surface area contributed by atoms with Crippen molar-refractivity contribution in [2.45, 2.75) is 24.9 Å². The standard InChI is InChI=1S/C12H12F6N3O4/c1-2-25-9(22)20-10(11(13,14)15,12(16,17)18)19-7-3-5-8(6-4-7)21(23)24/h3-6,19,23H,2H2,1H3,(H,20,22)/q-1. The number of anilines is 2. The number of nitrogens with one attached hydrogen (secondary N) is 2. The number of alkyl carbamates (subject to hydrolysis) is 1. The normalized spacial score (nSPS) is 12.5. The number of carbonyl (C=O) groups excluding carboxylic acids is 1. The lowest BCUT2D eigenvalue weighted by Crippen LogP contribution is -2.72. The number of benzene rings is 1. The summed E-state index contributed by atoms with van der Waals surface area (Å²) in [6, 6.07) is 2.87. The Kier molecular flexibility index (Phi) is 5.96. The van der Waals surface area contributed by atoms with Crippen LogP contribution in [0.1, 0.15) is 6.92 Å². The third-order valence-electron chi connectivity index (χ3n) is 2.84. The zero-order valence-electron chi connectivity index (χ0n) is 12.4. The quantitative estimate of drug-likeness (QED) is 0.414. The summed E-state index contributed by atoms with van der Waals surface area (Å²) in [5.74, 6) is 0. The Morgan fingerprint density at radius 3 is 2.00 bits per heavy atom. The number of ether oxygens (including phenoxy) is 1. The number of rotatable bonds is 5. The minimum Gasteiger partial charge on any atom is -0.733 e. The molecule has 0 aliphatic rings. The topological polar surface area (TPSA) is 96.9 Å². The molecule has 7 nitrogen and oxygen atoms in total. The van der Waals surface area contributed by atoms with Gasteiger partial charge in [0.1, 0.15) is 0 Å². The first-order valence-electron chi connectivity index (χ1n) is 6.47. The molecule has 0 bridgehead atoms. The zero-order valence-corrected chi connectivity index (χ0v) is 12.4. The van der Waals surface area contributed by atoms with Crippen LogP contribution < -0.4 is 15.9 Å². The first-order chi connectivity index (χ1) is 11.3. The van der Waals surface area contributed by atoms with Crippen LogP contribution in [-0.4, -0.2) is 35.9 Å². The highest BCUT2D eigenvalue weighted by atomic mass is 19.4. The predicted molar refractivity (Wildman–Crippen MR) is 72.7 cm³/mol. The van der Waals surface area contributed by atoms with Crippen molar-refractivity contribution < 1.29 is 41.1 Å². The summed E-state index contributed by atoms with van der Waals surface area (Å²) in [7, 11) is 0. The second kappa shape index (κ2) is 7.23. The molecular weight excluding hydrogens is 364 g/mol. The number of amides is 1. The molecule has 0 unspecified atom stereocenters. The minimum absolute atomic E-state index is 0.437. The Morgan fingerprint density at radius 2 is 1.64 bits per heavy atom. The third kappa shape index (κ3) is 4.57. The lowest BCUT2D eigenvalue weighted by molar-refractivity contribution is -0.294. The van der Waals surface area contributed by atoms with Crippen molar-refractivity contribution >= 4 is 17.5 Å². The molecule has 3 N–H and O–H groups in total. The van der Waals surface area contributed by atoms with Gasteiger partial charge in [-0.2, -0.15) is 26.3 Å². The fourth-order valence-corrected chi connectivity index (χ4v) is 1.68. The number of hydrogen-bond donors (Lipinski definition) is 3. The van der Waals surface area contributed by atoms with Crippen molar-refractivity contribution in [3.8, 4) is 0 Å². The molecule has 0 aromatic heterocycles. The molecule has 0 fully saturated rings. The Morgan fingerprint density at radius 1 is 1.16 bits per heavy atom. The van der Waals surface area contributed by atoms with Gasteiger partial charge in [-0.3, -0.25) is 10.5 Å². The minimum atomic E-state index is -6.00. The van der Waals surface area contributed by atoms with E-state index in [2.05, 4.69) is 4.74 Å². The van der Waals surface area contributed by atoms with Gasteiger partial charge in [0.05, 0.1) is 12.3 Å². The second-order valence-corrected chi connectivity index (χ2v) is 4.54. The van der Waals surface area contributed by atoms with Crippen LogP contribution in [0.5, 0.6) is 0 Å². The van der Waals surface area contributed by atoms with Crippen molar-refractivity contribution in [2.75, 3.05) is 17.2 Å². The lowest BCUT2D eigenvalue weighted by Gasteiger charge is -2.38. The van der Waals surface area contributed by atoms with Gasteiger partial charge >= 0.3 is 24.1 Å². The molecular formula is C12H12F6N3O4-. The highest BCUT2D eigenvalue weighted by Crippen LogP contribution is 2.43. The van der Waals surface area contributed by atoms with Gasteiger partial charge in [-0.15, -0.1) is 0 Å². The molecule has 0 aliphatic heterocycles. The number of halogens is 6. The Hall–Kier alpha value is -2.41. The van der Waals surface area contributed by atoms with Crippen LogP contribution in [0.2, 0.25) is 0 Å². The number of hydrogen-bond acceptors (Lipinski definition) is 6. The van der Waals surface area contributed by atoms with Gasteiger partial charge < -0.3 is 20.5 Å². The monoisotopic (exact) mass is 376 g/mol. The molecule has 13 heteroatoms. The van der Waals surface area contributed by atoms with E-state index in [-0.39, 0.29) is 0 Å². The van der Waals surface area contributed by atoms with Crippen molar-refractivity contribution in [1.82, 2.24) is 5.32 Å². The van der Waals surface area contributed by atoms with E-state index in [0.717, 1.165) is 22.8 Å². The summed E-state index contributed by atoms with van der Waals surface area (Å²) < 4.78 is 83.4. The largest absolute Gasteiger partial charge is 0.733 e. The van der Waals surface area contributed by atoms with Gasteiger partial charge in [-0.25, -0.2) is 4.79 Å². The lowest BCUT2D eigenvalue weighted by atomic mass is 10.1. The van der Waals surface area contributed by atoms with Crippen LogP contribution in [0.15, 0.2) is 24.3 Å². The van der Waals surface area contributed by atoms with E-state index in [9.17, 15) is 36.3 Å². The molecule has 0 aliphatic carbocycles. The summed E-state index contributed by atoms with van der Waals surface area (Å²) in [5, 5.41) is 20.5. The maximum absolute atomic E-state index is 13.2. The SMILES string of the molecule is CCOC(=O)NC(Nc1ccc(N([O-])O)cc1)(C(F)(F)F)C(F)(F)F. The molecule has 142 valence electrons. The molecule has 1 aromatic carbocycles. The molecule has 0 radical (unpaired) electrons. The van der Waals surface area contributed by atoms with Crippen molar-refractivity contribution in [1.29, 1.82) is 0 Å². The summed E-state index contributed by atoms with van der Waals surface area (Å²) in [6.07, 6.45) is -13.9. The number of nitrogens with zero attached hydrogens (tertiary/aromatic N) is 1. The molecule has 0 spiro atoms. The molecule has 0 saturated carbocycles. The average Bonchev–Trinajstić information content (AvgIpc) is 2.44. The second-order valence-electron chi connectivity index (χ2n) is 4.54. The molecule has 0 atom stereocenters. The smallest absolute Gasteiger partial charge is 0.439 e. The molecule has 1 rings (SSSR count). The van der Waals surface area contributed by atoms with Gasteiger partial charge in [0.15, 0.2) is 0 Å². The maximum Gasteiger partial charge on any atom is 0.439 e. The summed E-state index contributed by atoms with van der Waals surface area (Å²) in [6.45, 7) is 0.736. The first-order valence-corrected chi connectivity index (χ1v) is 6.47. The maximum atomic E-state index is 13.2. The predicted octanol–water partition coefficient (Wildman–Crippen LogP) is 3.36. The van der Waals surface area contributed by atoms with Crippen LogP contribution in [-0.2, 0) is 4.74 Å². The summed E-state index contributed by atoms with van der Waals surface area (Å²) in [5.41, 5.74) is -6.02. The highest BCUT2D eigenvalue weighted by molar-refractivity contribution is 5.70. The van der Waals surface area contributed by atoms with Crippen LogP contribution in [0.3, 0.4) is 0 Å². The van der Waals surface area contributed by atoms with Crippen LogP contribution in [0.25, 0.3) is 0 Å². The van der Waals surface area contributed by atoms with E-state index in [0.29, 0.717) is 12.1 Å². The fourth-order valence-electron chi connectivity index (χ4n) is 1.68. The Balaban J connectivity index is 3.31. The van der Waals surface area contributed by atoms with Gasteiger partial charge in [0.2, 0.25) is 0 Å². The number of carbonyl (C=O) groups is 1. The first kappa shape index (κ1) is 20.6. The average molecular weight is 376 g/mol. The molecule has 0 heterocycles. The van der Waals surface area contributed by atoms with E-state index >= 15 is 0 Å². The number of alkyl halides is 6. The zero-order chi connectivity index (χ0) is 19.5. The van der Waals surface area contributed by atoms with Gasteiger partial charge in [-0.05, 0) is 31.2 Å². The fraction of sp³-hybridized carbons (Fsp3) is 0.417. The van der Waals surface area contributed by atoms with Crippen molar-refractivity contribution in [3.05, 3.63) is 29.5 Å².